The van der Waals surface area contributed by atoms with Crippen molar-refractivity contribution < 1.29 is 9.59 Å². The minimum absolute atomic E-state index is 0.0937. The molecular weight excluding hydrogens is 458 g/mol. The number of nitrogens with one attached hydrogen (secondary N) is 3. The number of thioether (sulfide) groups is 1. The standard InChI is InChI=1S/C27H27N5O2S/c33-24-6-1-3-17-13-20(9-10-21(17)24)30-27-31-23-11-12-35-15-22(23)25(32-27)28-18-4-2-5-19(14-18)29-26(34)16-7-8-16/h2,4-5,9-10,13-14,16H,1,3,6-8,11-12,15H2,(H,29,34)(H2,28,30,31,32). The van der Waals surface area contributed by atoms with Gasteiger partial charge in [0.25, 0.3) is 0 Å². The predicted molar refractivity (Wildman–Crippen MR) is 140 cm³/mol. The largest absolute Gasteiger partial charge is 0.340 e. The van der Waals surface area contributed by atoms with Crippen molar-refractivity contribution in [2.45, 2.75) is 44.3 Å². The minimum atomic E-state index is 0.0937. The Kier molecular flexibility index (Phi) is 5.90. The van der Waals surface area contributed by atoms with E-state index in [-0.39, 0.29) is 17.6 Å². The van der Waals surface area contributed by atoms with Gasteiger partial charge < -0.3 is 16.0 Å². The lowest BCUT2D eigenvalue weighted by Crippen LogP contribution is -2.14. The Morgan fingerprint density at radius 2 is 1.80 bits per heavy atom. The first kappa shape index (κ1) is 22.1. The van der Waals surface area contributed by atoms with E-state index in [0.29, 0.717) is 12.4 Å². The van der Waals surface area contributed by atoms with Gasteiger partial charge in [0, 0.05) is 46.3 Å². The SMILES string of the molecule is O=C1CCCc2cc(Nc3nc4c(c(Nc5cccc(NC(=O)C6CC6)c5)n3)CSCC4)ccc21. The van der Waals surface area contributed by atoms with Gasteiger partial charge in [-0.2, -0.15) is 16.7 Å². The van der Waals surface area contributed by atoms with Gasteiger partial charge in [0.15, 0.2) is 5.78 Å². The third kappa shape index (κ3) is 4.89. The van der Waals surface area contributed by atoms with Crippen LogP contribution in [-0.4, -0.2) is 27.4 Å². The van der Waals surface area contributed by atoms with E-state index in [1.54, 1.807) is 0 Å². The Hall–Kier alpha value is -3.39. The maximum atomic E-state index is 12.2. The van der Waals surface area contributed by atoms with Gasteiger partial charge in [0.05, 0.1) is 5.69 Å². The molecule has 1 amide bonds. The third-order valence-corrected chi connectivity index (χ3v) is 7.66. The summed E-state index contributed by atoms with van der Waals surface area (Å²) in [7, 11) is 0. The lowest BCUT2D eigenvalue weighted by Gasteiger charge is -2.21. The molecule has 1 fully saturated rings. The lowest BCUT2D eigenvalue weighted by molar-refractivity contribution is -0.117. The normalized spacial score (nSPS) is 16.7. The van der Waals surface area contributed by atoms with Crippen molar-refractivity contribution in [3.8, 4) is 0 Å². The van der Waals surface area contributed by atoms with Gasteiger partial charge in [-0.3, -0.25) is 9.59 Å². The maximum absolute atomic E-state index is 12.2. The zero-order valence-electron chi connectivity index (χ0n) is 19.4. The molecule has 0 spiro atoms. The van der Waals surface area contributed by atoms with Crippen molar-refractivity contribution >= 4 is 52.3 Å². The fraction of sp³-hybridized carbons (Fsp3) is 0.333. The number of hydrogen-bond acceptors (Lipinski definition) is 7. The molecule has 2 aliphatic carbocycles. The second kappa shape index (κ2) is 9.34. The summed E-state index contributed by atoms with van der Waals surface area (Å²) in [6.45, 7) is 0. The summed E-state index contributed by atoms with van der Waals surface area (Å²) in [6, 6.07) is 13.6. The highest BCUT2D eigenvalue weighted by Gasteiger charge is 2.29. The summed E-state index contributed by atoms with van der Waals surface area (Å²) in [5.74, 6) is 3.69. The first-order valence-electron chi connectivity index (χ1n) is 12.2. The molecule has 0 bridgehead atoms. The van der Waals surface area contributed by atoms with E-state index in [0.717, 1.165) is 88.9 Å². The number of benzene rings is 2. The number of amides is 1. The Morgan fingerprint density at radius 3 is 2.69 bits per heavy atom. The first-order valence-corrected chi connectivity index (χ1v) is 13.4. The first-order chi connectivity index (χ1) is 17.1. The topological polar surface area (TPSA) is 96.0 Å². The van der Waals surface area contributed by atoms with Crippen molar-refractivity contribution in [3.63, 3.8) is 0 Å². The smallest absolute Gasteiger partial charge is 0.229 e. The number of fused-ring (bicyclic) bond motifs is 2. The van der Waals surface area contributed by atoms with Crippen molar-refractivity contribution in [3.05, 3.63) is 64.8 Å². The molecule has 8 heteroatoms. The molecular formula is C27H27N5O2S. The quantitative estimate of drug-likeness (QED) is 0.417. The van der Waals surface area contributed by atoms with Crippen LogP contribution in [0.5, 0.6) is 0 Å². The summed E-state index contributed by atoms with van der Waals surface area (Å²) in [6.07, 6.45) is 5.29. The molecule has 3 aromatic rings. The van der Waals surface area contributed by atoms with Gasteiger partial charge in [0.1, 0.15) is 5.82 Å². The van der Waals surface area contributed by atoms with Crippen LogP contribution in [0.4, 0.5) is 28.8 Å². The van der Waals surface area contributed by atoms with Gasteiger partial charge in [-0.15, -0.1) is 0 Å². The van der Waals surface area contributed by atoms with E-state index >= 15 is 0 Å². The molecule has 2 heterocycles. The zero-order valence-corrected chi connectivity index (χ0v) is 20.2. The number of carbonyl (C=O) groups is 2. The molecule has 0 radical (unpaired) electrons. The minimum Gasteiger partial charge on any atom is -0.340 e. The van der Waals surface area contributed by atoms with E-state index in [4.69, 9.17) is 9.97 Å². The molecule has 178 valence electrons. The highest BCUT2D eigenvalue weighted by Crippen LogP contribution is 2.34. The number of nitrogens with zero attached hydrogens (tertiary/aromatic N) is 2. The van der Waals surface area contributed by atoms with E-state index in [1.165, 1.54) is 0 Å². The average Bonchev–Trinajstić information content (AvgIpc) is 3.70. The van der Waals surface area contributed by atoms with Crippen LogP contribution in [0.3, 0.4) is 0 Å². The van der Waals surface area contributed by atoms with E-state index in [9.17, 15) is 9.59 Å². The molecule has 0 atom stereocenters. The number of aryl methyl sites for hydroxylation is 2. The number of aromatic nitrogens is 2. The average molecular weight is 486 g/mol. The van der Waals surface area contributed by atoms with Gasteiger partial charge >= 0.3 is 0 Å². The van der Waals surface area contributed by atoms with E-state index in [2.05, 4.69) is 16.0 Å². The molecule has 35 heavy (non-hydrogen) atoms. The Labute approximate surface area is 208 Å². The van der Waals surface area contributed by atoms with Gasteiger partial charge in [-0.25, -0.2) is 4.98 Å². The molecule has 0 saturated heterocycles. The van der Waals surface area contributed by atoms with Crippen molar-refractivity contribution in [1.29, 1.82) is 0 Å². The van der Waals surface area contributed by atoms with Crippen LogP contribution in [0.25, 0.3) is 0 Å². The second-order valence-electron chi connectivity index (χ2n) is 9.37. The van der Waals surface area contributed by atoms with Crippen LogP contribution in [0.2, 0.25) is 0 Å². The number of rotatable bonds is 6. The van der Waals surface area contributed by atoms with Crippen LogP contribution in [0, 0.1) is 5.92 Å². The van der Waals surface area contributed by atoms with Crippen LogP contribution in [-0.2, 0) is 23.4 Å². The number of Topliss-reactive ketones (excluding diaryl/α,β-unsaturated/α-hetero) is 1. The second-order valence-corrected chi connectivity index (χ2v) is 10.5. The summed E-state index contributed by atoms with van der Waals surface area (Å²) in [5.41, 5.74) is 6.63. The lowest BCUT2D eigenvalue weighted by atomic mass is 9.90. The molecule has 1 aromatic heterocycles. The predicted octanol–water partition coefficient (Wildman–Crippen LogP) is 5.62. The van der Waals surface area contributed by atoms with E-state index < -0.39 is 0 Å². The maximum Gasteiger partial charge on any atom is 0.229 e. The monoisotopic (exact) mass is 485 g/mol. The molecule has 2 aromatic carbocycles. The number of anilines is 5. The molecule has 1 aliphatic heterocycles. The highest BCUT2D eigenvalue weighted by atomic mass is 32.2. The van der Waals surface area contributed by atoms with Crippen LogP contribution in [0.15, 0.2) is 42.5 Å². The summed E-state index contributed by atoms with van der Waals surface area (Å²) in [4.78, 5) is 34.0. The fourth-order valence-corrected chi connectivity index (χ4v) is 5.64. The number of hydrogen-bond donors (Lipinski definition) is 3. The summed E-state index contributed by atoms with van der Waals surface area (Å²) >= 11 is 1.88. The number of ketones is 1. The summed E-state index contributed by atoms with van der Waals surface area (Å²) < 4.78 is 0. The van der Waals surface area contributed by atoms with Gasteiger partial charge in [-0.05, 0) is 79.8 Å². The van der Waals surface area contributed by atoms with Crippen LogP contribution in [0.1, 0.15) is 52.9 Å². The van der Waals surface area contributed by atoms with E-state index in [1.807, 2.05) is 54.2 Å². The van der Waals surface area contributed by atoms with Crippen LogP contribution < -0.4 is 16.0 Å². The van der Waals surface area contributed by atoms with Gasteiger partial charge in [-0.1, -0.05) is 6.07 Å². The third-order valence-electron chi connectivity index (χ3n) is 6.68. The van der Waals surface area contributed by atoms with Gasteiger partial charge in [0.2, 0.25) is 11.9 Å². The fourth-order valence-electron chi connectivity index (χ4n) is 4.65. The molecule has 0 unspecified atom stereocenters. The molecule has 7 nitrogen and oxygen atoms in total. The number of carbonyl (C=O) groups excluding carboxylic acids is 2. The van der Waals surface area contributed by atoms with Crippen molar-refractivity contribution in [1.82, 2.24) is 9.97 Å². The zero-order chi connectivity index (χ0) is 23.8. The Morgan fingerprint density at radius 1 is 0.943 bits per heavy atom. The highest BCUT2D eigenvalue weighted by molar-refractivity contribution is 7.98. The molecule has 3 aliphatic rings. The van der Waals surface area contributed by atoms with Crippen molar-refractivity contribution in [2.75, 3.05) is 21.7 Å². The van der Waals surface area contributed by atoms with Crippen LogP contribution >= 0.6 is 11.8 Å². The Bertz CT molecular complexity index is 1320. The molecule has 6 rings (SSSR count). The molecule has 3 N–H and O–H groups in total. The Balaban J connectivity index is 1.27. The van der Waals surface area contributed by atoms with Crippen molar-refractivity contribution in [2.24, 2.45) is 5.92 Å². The molecule has 1 saturated carbocycles. The summed E-state index contributed by atoms with van der Waals surface area (Å²) in [5, 5.41) is 9.85.